The third kappa shape index (κ3) is 3.62. The highest BCUT2D eigenvalue weighted by atomic mass is 32.1. The fraction of sp³-hybridized carbons (Fsp3) is 0.333. The van der Waals surface area contributed by atoms with E-state index in [0.29, 0.717) is 23.5 Å². The molecule has 0 unspecified atom stereocenters. The Morgan fingerprint density at radius 1 is 1.18 bits per heavy atom. The van der Waals surface area contributed by atoms with Crippen molar-refractivity contribution in [1.82, 2.24) is 4.57 Å². The normalized spacial score (nSPS) is 13.3. The highest BCUT2D eigenvalue weighted by Crippen LogP contribution is 2.36. The number of rotatable bonds is 6. The number of aryl methyl sites for hydroxylation is 1. The molecular weight excluding hydrogens is 376 g/mol. The Morgan fingerprint density at radius 3 is 2.64 bits per heavy atom. The standard InChI is InChI=1S/C21H22N2O4S/c1-3-5-10-25-15-8-6-14(7-9-15)20(24)22-21-23(4-2)16-11-17-18(27-13-26-17)12-19(16)28-21/h6-9,11-12H,3-5,10,13H2,1-2H3. The minimum Gasteiger partial charge on any atom is -0.494 e. The zero-order valence-electron chi connectivity index (χ0n) is 15.9. The lowest BCUT2D eigenvalue weighted by Gasteiger charge is -2.05. The van der Waals surface area contributed by atoms with Crippen molar-refractivity contribution in [2.45, 2.75) is 33.2 Å². The molecular formula is C21H22N2O4S. The van der Waals surface area contributed by atoms with Crippen LogP contribution >= 0.6 is 11.3 Å². The van der Waals surface area contributed by atoms with E-state index in [1.807, 2.05) is 35.8 Å². The van der Waals surface area contributed by atoms with Crippen LogP contribution in [0.15, 0.2) is 41.4 Å². The van der Waals surface area contributed by atoms with Gasteiger partial charge in [0, 0.05) is 24.2 Å². The predicted molar refractivity (Wildman–Crippen MR) is 108 cm³/mol. The molecule has 0 radical (unpaired) electrons. The molecule has 0 atom stereocenters. The lowest BCUT2D eigenvalue weighted by atomic mass is 10.2. The number of hydrogen-bond donors (Lipinski definition) is 0. The maximum atomic E-state index is 12.7. The largest absolute Gasteiger partial charge is 0.494 e. The van der Waals surface area contributed by atoms with Crippen molar-refractivity contribution >= 4 is 27.5 Å². The van der Waals surface area contributed by atoms with E-state index in [4.69, 9.17) is 14.2 Å². The zero-order chi connectivity index (χ0) is 19.5. The Bertz CT molecular complexity index is 1070. The zero-order valence-corrected chi connectivity index (χ0v) is 16.8. The number of carbonyl (C=O) groups is 1. The third-order valence-electron chi connectivity index (χ3n) is 4.56. The van der Waals surface area contributed by atoms with Gasteiger partial charge in [0.15, 0.2) is 16.3 Å². The summed E-state index contributed by atoms with van der Waals surface area (Å²) in [6.07, 6.45) is 2.10. The lowest BCUT2D eigenvalue weighted by Crippen LogP contribution is -2.15. The van der Waals surface area contributed by atoms with Crippen molar-refractivity contribution in [2.24, 2.45) is 4.99 Å². The van der Waals surface area contributed by atoms with Gasteiger partial charge < -0.3 is 18.8 Å². The molecule has 28 heavy (non-hydrogen) atoms. The molecule has 146 valence electrons. The van der Waals surface area contributed by atoms with Gasteiger partial charge in [0.2, 0.25) is 6.79 Å². The first-order valence-corrected chi connectivity index (χ1v) is 10.3. The SMILES string of the molecule is CCCCOc1ccc(C(=O)N=c2sc3cc4c(cc3n2CC)OCO4)cc1. The Hall–Kier alpha value is -2.80. The summed E-state index contributed by atoms with van der Waals surface area (Å²) in [5.74, 6) is 1.96. The molecule has 0 aliphatic carbocycles. The van der Waals surface area contributed by atoms with Crippen LogP contribution in [0.3, 0.4) is 0 Å². The maximum absolute atomic E-state index is 12.7. The fourth-order valence-corrected chi connectivity index (χ4v) is 4.13. The lowest BCUT2D eigenvalue weighted by molar-refractivity contribution is 0.0998. The molecule has 0 saturated heterocycles. The van der Waals surface area contributed by atoms with Crippen LogP contribution in [0.5, 0.6) is 17.2 Å². The number of nitrogens with zero attached hydrogens (tertiary/aromatic N) is 2. The molecule has 3 aromatic rings. The van der Waals surface area contributed by atoms with E-state index >= 15 is 0 Å². The number of benzene rings is 2. The van der Waals surface area contributed by atoms with Crippen LogP contribution < -0.4 is 19.0 Å². The summed E-state index contributed by atoms with van der Waals surface area (Å²) in [5.41, 5.74) is 1.53. The van der Waals surface area contributed by atoms with E-state index in [1.165, 1.54) is 11.3 Å². The van der Waals surface area contributed by atoms with Gasteiger partial charge in [0.1, 0.15) is 5.75 Å². The van der Waals surface area contributed by atoms with Gasteiger partial charge in [-0.25, -0.2) is 0 Å². The Balaban J connectivity index is 1.63. The van der Waals surface area contributed by atoms with E-state index in [0.717, 1.165) is 40.3 Å². The summed E-state index contributed by atoms with van der Waals surface area (Å²) in [6.45, 7) is 5.78. The van der Waals surface area contributed by atoms with Crippen molar-refractivity contribution in [3.8, 4) is 17.2 Å². The summed E-state index contributed by atoms with van der Waals surface area (Å²) >= 11 is 1.47. The van der Waals surface area contributed by atoms with E-state index in [1.54, 1.807) is 12.1 Å². The second-order valence-electron chi connectivity index (χ2n) is 6.45. The number of aromatic nitrogens is 1. The molecule has 0 fully saturated rings. The van der Waals surface area contributed by atoms with Crippen molar-refractivity contribution in [1.29, 1.82) is 0 Å². The first-order chi connectivity index (χ1) is 13.7. The first-order valence-electron chi connectivity index (χ1n) is 9.44. The van der Waals surface area contributed by atoms with E-state index in [-0.39, 0.29) is 12.7 Å². The number of unbranched alkanes of at least 4 members (excludes halogenated alkanes) is 1. The average molecular weight is 398 g/mol. The number of fused-ring (bicyclic) bond motifs is 2. The molecule has 1 amide bonds. The predicted octanol–water partition coefficient (Wildman–Crippen LogP) is 4.37. The van der Waals surface area contributed by atoms with Crippen LogP contribution in [0, 0.1) is 0 Å². The Morgan fingerprint density at radius 2 is 1.93 bits per heavy atom. The van der Waals surface area contributed by atoms with Gasteiger partial charge in [-0.05, 0) is 37.6 Å². The van der Waals surface area contributed by atoms with Gasteiger partial charge in [-0.3, -0.25) is 4.79 Å². The van der Waals surface area contributed by atoms with Gasteiger partial charge >= 0.3 is 0 Å². The van der Waals surface area contributed by atoms with Gasteiger partial charge in [0.05, 0.1) is 16.8 Å². The highest BCUT2D eigenvalue weighted by Gasteiger charge is 2.17. The molecule has 1 aliphatic rings. The van der Waals surface area contributed by atoms with Crippen LogP contribution in [0.2, 0.25) is 0 Å². The molecule has 0 saturated carbocycles. The second-order valence-corrected chi connectivity index (χ2v) is 7.45. The van der Waals surface area contributed by atoms with Crippen molar-refractivity contribution in [2.75, 3.05) is 13.4 Å². The molecule has 7 heteroatoms. The van der Waals surface area contributed by atoms with Crippen LogP contribution in [0.25, 0.3) is 10.2 Å². The van der Waals surface area contributed by atoms with Crippen LogP contribution in [-0.2, 0) is 6.54 Å². The van der Waals surface area contributed by atoms with Gasteiger partial charge in [0.25, 0.3) is 5.91 Å². The summed E-state index contributed by atoms with van der Waals surface area (Å²) < 4.78 is 19.6. The first kappa shape index (κ1) is 18.6. The van der Waals surface area contributed by atoms with Crippen molar-refractivity contribution in [3.63, 3.8) is 0 Å². The van der Waals surface area contributed by atoms with Crippen LogP contribution in [-0.4, -0.2) is 23.9 Å². The molecule has 4 rings (SSSR count). The molecule has 0 spiro atoms. The minimum absolute atomic E-state index is 0.243. The minimum atomic E-state index is -0.270. The van der Waals surface area contributed by atoms with E-state index in [9.17, 15) is 4.79 Å². The molecule has 2 aromatic carbocycles. The Kier molecular flexibility index (Phi) is 5.34. The summed E-state index contributed by atoms with van der Waals surface area (Å²) in [7, 11) is 0. The quantitative estimate of drug-likeness (QED) is 0.579. The van der Waals surface area contributed by atoms with Crippen LogP contribution in [0.1, 0.15) is 37.0 Å². The maximum Gasteiger partial charge on any atom is 0.279 e. The van der Waals surface area contributed by atoms with Gasteiger partial charge in [-0.15, -0.1) is 0 Å². The molecule has 0 bridgehead atoms. The van der Waals surface area contributed by atoms with Gasteiger partial charge in [-0.1, -0.05) is 24.7 Å². The summed E-state index contributed by atoms with van der Waals surface area (Å²) in [5, 5.41) is 0. The highest BCUT2D eigenvalue weighted by molar-refractivity contribution is 7.16. The second kappa shape index (κ2) is 8.06. The third-order valence-corrected chi connectivity index (χ3v) is 5.60. The number of thiazole rings is 1. The number of hydrogen-bond acceptors (Lipinski definition) is 5. The van der Waals surface area contributed by atoms with Gasteiger partial charge in [-0.2, -0.15) is 4.99 Å². The number of ether oxygens (including phenoxy) is 3. The molecule has 6 nitrogen and oxygen atoms in total. The number of amides is 1. The average Bonchev–Trinajstić information content (AvgIpc) is 3.29. The van der Waals surface area contributed by atoms with E-state index < -0.39 is 0 Å². The molecule has 0 N–H and O–H groups in total. The monoisotopic (exact) mass is 398 g/mol. The smallest absolute Gasteiger partial charge is 0.279 e. The molecule has 1 aromatic heterocycles. The van der Waals surface area contributed by atoms with Crippen molar-refractivity contribution in [3.05, 3.63) is 46.8 Å². The topological polar surface area (TPSA) is 62.0 Å². The summed E-state index contributed by atoms with van der Waals surface area (Å²) in [4.78, 5) is 17.7. The fourth-order valence-electron chi connectivity index (χ4n) is 3.03. The molecule has 2 heterocycles. The number of carbonyl (C=O) groups excluding carboxylic acids is 1. The van der Waals surface area contributed by atoms with Crippen LogP contribution in [0.4, 0.5) is 0 Å². The Labute approximate surface area is 167 Å². The molecule has 1 aliphatic heterocycles. The van der Waals surface area contributed by atoms with Crippen molar-refractivity contribution < 1.29 is 19.0 Å². The summed E-state index contributed by atoms with van der Waals surface area (Å²) in [6, 6.07) is 11.0. The van der Waals surface area contributed by atoms with E-state index in [2.05, 4.69) is 11.9 Å².